The number of aliphatic hydroxyl groups excluding tert-OH is 2. The molecule has 1 rings (SSSR count). The number of aromatic carboxylic acids is 1. The first-order valence-corrected chi connectivity index (χ1v) is 5.95. The van der Waals surface area contributed by atoms with E-state index in [0.717, 1.165) is 6.07 Å². The molecule has 0 aliphatic heterocycles. The second-order valence-electron chi connectivity index (χ2n) is 4.02. The quantitative estimate of drug-likeness (QED) is 0.272. The van der Waals surface area contributed by atoms with Crippen molar-refractivity contribution in [3.63, 3.8) is 0 Å². The minimum absolute atomic E-state index is 0.000412. The van der Waals surface area contributed by atoms with Crippen LogP contribution in [-0.2, 0) is 0 Å². The molecule has 0 saturated heterocycles. The van der Waals surface area contributed by atoms with Gasteiger partial charge in [-0.3, -0.25) is 0 Å². The molecule has 5 N–H and O–H groups in total. The molecule has 0 fully saturated rings. The summed E-state index contributed by atoms with van der Waals surface area (Å²) in [4.78, 5) is 13.5. The minimum atomic E-state index is -1.43. The molecule has 2 unspecified atom stereocenters. The summed E-state index contributed by atoms with van der Waals surface area (Å²) in [7, 11) is 0. The van der Waals surface area contributed by atoms with Gasteiger partial charge in [-0.25, -0.2) is 4.79 Å². The molecule has 1 aromatic carbocycles. The van der Waals surface area contributed by atoms with Crippen molar-refractivity contribution in [2.45, 2.75) is 18.6 Å². The Kier molecular flexibility index (Phi) is 5.60. The van der Waals surface area contributed by atoms with Crippen molar-refractivity contribution < 1.29 is 20.1 Å². The van der Waals surface area contributed by atoms with Crippen LogP contribution >= 0.6 is 11.6 Å². The van der Waals surface area contributed by atoms with Crippen LogP contribution in [0, 0.1) is 0 Å². The zero-order valence-electron chi connectivity index (χ0n) is 10.3. The zero-order valence-corrected chi connectivity index (χ0v) is 11.0. The molecule has 0 aliphatic rings. The largest absolute Gasteiger partial charge is 0.478 e. The third-order valence-electron chi connectivity index (χ3n) is 2.68. The van der Waals surface area contributed by atoms with Gasteiger partial charge < -0.3 is 21.1 Å². The lowest BCUT2D eigenvalue weighted by atomic mass is 9.97. The molecular formula is C11H13ClN4O4. The molecule has 0 saturated carbocycles. The normalized spacial score (nSPS) is 13.3. The average molecular weight is 301 g/mol. The van der Waals surface area contributed by atoms with E-state index < -0.39 is 18.2 Å². The fourth-order valence-corrected chi connectivity index (χ4v) is 1.89. The third kappa shape index (κ3) is 3.75. The summed E-state index contributed by atoms with van der Waals surface area (Å²) in [6, 6.07) is 2.44. The number of hydrogen-bond acceptors (Lipinski definition) is 5. The van der Waals surface area contributed by atoms with Gasteiger partial charge in [0.1, 0.15) is 6.10 Å². The summed E-state index contributed by atoms with van der Waals surface area (Å²) in [6.45, 7) is -0.0129. The predicted molar refractivity (Wildman–Crippen MR) is 72.4 cm³/mol. The van der Waals surface area contributed by atoms with Crippen molar-refractivity contribution in [1.82, 2.24) is 0 Å². The zero-order chi connectivity index (χ0) is 15.3. The third-order valence-corrected chi connectivity index (χ3v) is 2.90. The van der Waals surface area contributed by atoms with E-state index in [1.165, 1.54) is 6.07 Å². The van der Waals surface area contributed by atoms with Crippen LogP contribution in [0.15, 0.2) is 17.2 Å². The molecule has 9 heteroatoms. The standard InChI is InChI=1S/C11H13ClN4O4/c12-5-3-6(9(13)7(4-5)11(19)20)10(18)8(17)1-2-15-16-14/h3-4,8,10,17-18H,1-2,13H2,(H,19,20). The van der Waals surface area contributed by atoms with Gasteiger partial charge in [0.2, 0.25) is 0 Å². The van der Waals surface area contributed by atoms with E-state index in [0.29, 0.717) is 0 Å². The SMILES string of the molecule is [N-]=[N+]=NCCC(O)C(O)c1cc(Cl)cc(C(=O)O)c1N. The molecule has 2 atom stereocenters. The number of rotatable bonds is 6. The van der Waals surface area contributed by atoms with E-state index in [9.17, 15) is 15.0 Å². The fraction of sp³-hybridized carbons (Fsp3) is 0.364. The molecule has 20 heavy (non-hydrogen) atoms. The van der Waals surface area contributed by atoms with E-state index in [1.54, 1.807) is 0 Å². The number of benzene rings is 1. The second-order valence-corrected chi connectivity index (χ2v) is 4.45. The lowest BCUT2D eigenvalue weighted by Gasteiger charge is -2.20. The van der Waals surface area contributed by atoms with Gasteiger partial charge in [0.25, 0.3) is 0 Å². The van der Waals surface area contributed by atoms with Gasteiger partial charge in [0, 0.05) is 22.0 Å². The number of nitrogens with zero attached hydrogens (tertiary/aromatic N) is 3. The number of nitrogens with two attached hydrogens (primary N) is 1. The van der Waals surface area contributed by atoms with Crippen molar-refractivity contribution in [3.05, 3.63) is 38.7 Å². The Morgan fingerprint density at radius 3 is 2.70 bits per heavy atom. The van der Waals surface area contributed by atoms with E-state index >= 15 is 0 Å². The van der Waals surface area contributed by atoms with Gasteiger partial charge in [-0.05, 0) is 24.1 Å². The monoisotopic (exact) mass is 300 g/mol. The number of carboxylic acids is 1. The molecule has 0 spiro atoms. The van der Waals surface area contributed by atoms with Crippen LogP contribution in [0.1, 0.15) is 28.4 Å². The Morgan fingerprint density at radius 2 is 2.15 bits per heavy atom. The maximum Gasteiger partial charge on any atom is 0.337 e. The first kappa shape index (κ1) is 16.1. The number of carboxylic acid groups (broad SMARTS) is 1. The van der Waals surface area contributed by atoms with E-state index in [4.69, 9.17) is 28.0 Å². The molecule has 0 amide bonds. The molecule has 1 aromatic rings. The number of carbonyl (C=O) groups is 1. The van der Waals surface area contributed by atoms with Crippen LogP contribution in [0.3, 0.4) is 0 Å². The topological polar surface area (TPSA) is 153 Å². The minimum Gasteiger partial charge on any atom is -0.478 e. The van der Waals surface area contributed by atoms with Crippen molar-refractivity contribution in [2.75, 3.05) is 12.3 Å². The summed E-state index contributed by atoms with van der Waals surface area (Å²) >= 11 is 5.76. The highest BCUT2D eigenvalue weighted by Gasteiger charge is 2.23. The molecule has 0 aliphatic carbocycles. The number of hydrogen-bond donors (Lipinski definition) is 4. The molecule has 0 aromatic heterocycles. The first-order valence-electron chi connectivity index (χ1n) is 5.57. The summed E-state index contributed by atoms with van der Waals surface area (Å²) in [6.07, 6.45) is -2.69. The van der Waals surface area contributed by atoms with Gasteiger partial charge in [0.15, 0.2) is 0 Å². The van der Waals surface area contributed by atoms with Crippen LogP contribution in [0.4, 0.5) is 5.69 Å². The summed E-state index contributed by atoms with van der Waals surface area (Å²) < 4.78 is 0. The van der Waals surface area contributed by atoms with Gasteiger partial charge in [0.05, 0.1) is 17.4 Å². The maximum atomic E-state index is 11.0. The summed E-state index contributed by atoms with van der Waals surface area (Å²) in [5, 5.41) is 32.0. The molecule has 108 valence electrons. The summed E-state index contributed by atoms with van der Waals surface area (Å²) in [5.74, 6) is -1.29. The van der Waals surface area contributed by atoms with Crippen LogP contribution < -0.4 is 5.73 Å². The number of halogens is 1. The molecular weight excluding hydrogens is 288 g/mol. The number of nitrogen functional groups attached to an aromatic ring is 1. The Balaban J connectivity index is 3.05. The van der Waals surface area contributed by atoms with Crippen molar-refractivity contribution >= 4 is 23.3 Å². The fourth-order valence-electron chi connectivity index (χ4n) is 1.66. The number of aliphatic hydroxyl groups is 2. The summed E-state index contributed by atoms with van der Waals surface area (Å²) in [5.41, 5.74) is 13.4. The van der Waals surface area contributed by atoms with Crippen molar-refractivity contribution in [2.24, 2.45) is 5.11 Å². The Bertz CT molecular complexity index is 560. The van der Waals surface area contributed by atoms with E-state index in [2.05, 4.69) is 10.0 Å². The molecule has 0 radical (unpaired) electrons. The van der Waals surface area contributed by atoms with Crippen molar-refractivity contribution in [1.29, 1.82) is 0 Å². The van der Waals surface area contributed by atoms with E-state index in [-0.39, 0.29) is 34.8 Å². The average Bonchev–Trinajstić information content (AvgIpc) is 2.40. The highest BCUT2D eigenvalue weighted by Crippen LogP contribution is 2.30. The Labute approximate surface area is 119 Å². The van der Waals surface area contributed by atoms with Crippen LogP contribution in [-0.4, -0.2) is 33.9 Å². The predicted octanol–water partition coefficient (Wildman–Crippen LogP) is 1.72. The smallest absolute Gasteiger partial charge is 0.337 e. The molecule has 0 bridgehead atoms. The van der Waals surface area contributed by atoms with Gasteiger partial charge in [-0.2, -0.15) is 0 Å². The van der Waals surface area contributed by atoms with Crippen molar-refractivity contribution in [3.8, 4) is 0 Å². The Morgan fingerprint density at radius 1 is 1.50 bits per heavy atom. The van der Waals surface area contributed by atoms with E-state index in [1.807, 2.05) is 0 Å². The Hall–Kier alpha value is -1.99. The van der Waals surface area contributed by atoms with Gasteiger partial charge in [-0.1, -0.05) is 16.7 Å². The lowest BCUT2D eigenvalue weighted by Crippen LogP contribution is -2.21. The van der Waals surface area contributed by atoms with Gasteiger partial charge >= 0.3 is 5.97 Å². The van der Waals surface area contributed by atoms with Crippen LogP contribution in [0.5, 0.6) is 0 Å². The van der Waals surface area contributed by atoms with Gasteiger partial charge in [-0.15, -0.1) is 0 Å². The number of azide groups is 1. The second kappa shape index (κ2) is 6.97. The highest BCUT2D eigenvalue weighted by molar-refractivity contribution is 6.31. The molecule has 8 nitrogen and oxygen atoms in total. The van der Waals surface area contributed by atoms with Crippen LogP contribution in [0.2, 0.25) is 5.02 Å². The molecule has 0 heterocycles. The highest BCUT2D eigenvalue weighted by atomic mass is 35.5. The maximum absolute atomic E-state index is 11.0. The first-order chi connectivity index (χ1) is 9.38. The lowest BCUT2D eigenvalue weighted by molar-refractivity contribution is 0.0154. The van der Waals surface area contributed by atoms with Crippen LogP contribution in [0.25, 0.3) is 10.4 Å². The number of anilines is 1.